The maximum atomic E-state index is 4.66. The number of aromatic nitrogens is 3. The molecule has 1 heterocycles. The molecule has 2 N–H and O–H groups in total. The highest BCUT2D eigenvalue weighted by molar-refractivity contribution is 14.0. The average Bonchev–Trinajstić information content (AvgIpc) is 3.06. The number of benzene rings is 1. The Morgan fingerprint density at radius 1 is 1.19 bits per heavy atom. The van der Waals surface area contributed by atoms with Crippen LogP contribution in [0.2, 0.25) is 0 Å². The highest BCUT2D eigenvalue weighted by Gasteiger charge is 2.22. The Morgan fingerprint density at radius 3 is 2.54 bits per heavy atom. The first-order valence-corrected chi connectivity index (χ1v) is 9.19. The molecule has 0 radical (unpaired) electrons. The van der Waals surface area contributed by atoms with Gasteiger partial charge >= 0.3 is 0 Å². The largest absolute Gasteiger partial charge is 0.357 e. The Kier molecular flexibility index (Phi) is 8.34. The fourth-order valence-electron chi connectivity index (χ4n) is 3.42. The van der Waals surface area contributed by atoms with Crippen molar-refractivity contribution in [3.05, 3.63) is 48.0 Å². The van der Waals surface area contributed by atoms with Gasteiger partial charge in [-0.3, -0.25) is 4.68 Å². The Hall–Kier alpha value is -1.64. The molecule has 0 bridgehead atoms. The van der Waals surface area contributed by atoms with Gasteiger partial charge in [0.05, 0.1) is 0 Å². The molecule has 3 rings (SSSR count). The standard InChI is InChI=1S/C19H28N6.HI/c1-3-20-19(21-13-18-22-14-23-25(18)2)24-17-11-9-16(10-12-17)15-7-5-4-6-8-15;/h4-8,14,16-17H,3,9-13H2,1-2H3,(H2,20,21,24);1H. The highest BCUT2D eigenvalue weighted by Crippen LogP contribution is 2.32. The van der Waals surface area contributed by atoms with Crippen LogP contribution >= 0.6 is 24.0 Å². The summed E-state index contributed by atoms with van der Waals surface area (Å²) in [7, 11) is 1.89. The Morgan fingerprint density at radius 2 is 1.92 bits per heavy atom. The smallest absolute Gasteiger partial charge is 0.191 e. The maximum absolute atomic E-state index is 4.66. The number of nitrogens with zero attached hydrogens (tertiary/aromatic N) is 4. The first kappa shape index (κ1) is 20.7. The van der Waals surface area contributed by atoms with Crippen LogP contribution in [-0.2, 0) is 13.6 Å². The number of nitrogens with one attached hydrogen (secondary N) is 2. The zero-order valence-corrected chi connectivity index (χ0v) is 17.9. The number of rotatable bonds is 5. The molecular formula is C19H29IN6. The molecule has 1 aliphatic carbocycles. The van der Waals surface area contributed by atoms with E-state index in [4.69, 9.17) is 0 Å². The third-order valence-electron chi connectivity index (χ3n) is 4.87. The summed E-state index contributed by atoms with van der Waals surface area (Å²) in [6.07, 6.45) is 6.37. The Balaban J connectivity index is 0.00000243. The molecule has 1 fully saturated rings. The normalized spacial score (nSPS) is 20.3. The van der Waals surface area contributed by atoms with Crippen LogP contribution in [-0.4, -0.2) is 33.3 Å². The van der Waals surface area contributed by atoms with Crippen LogP contribution < -0.4 is 10.6 Å². The van der Waals surface area contributed by atoms with Crippen molar-refractivity contribution in [2.24, 2.45) is 12.0 Å². The van der Waals surface area contributed by atoms with Crippen LogP contribution in [0.15, 0.2) is 41.7 Å². The summed E-state index contributed by atoms with van der Waals surface area (Å²) >= 11 is 0. The molecule has 0 saturated heterocycles. The lowest BCUT2D eigenvalue weighted by atomic mass is 9.82. The fraction of sp³-hybridized carbons (Fsp3) is 0.526. The quantitative estimate of drug-likeness (QED) is 0.402. The van der Waals surface area contributed by atoms with Gasteiger partial charge in [-0.05, 0) is 44.1 Å². The van der Waals surface area contributed by atoms with Gasteiger partial charge in [-0.15, -0.1) is 24.0 Å². The number of aliphatic imine (C=N–C) groups is 1. The molecular weight excluding hydrogens is 439 g/mol. The van der Waals surface area contributed by atoms with Crippen molar-refractivity contribution < 1.29 is 0 Å². The summed E-state index contributed by atoms with van der Waals surface area (Å²) < 4.78 is 1.76. The second-order valence-electron chi connectivity index (χ2n) is 6.60. The van der Waals surface area contributed by atoms with Crippen LogP contribution in [0, 0.1) is 0 Å². The molecule has 0 amide bonds. The molecule has 0 atom stereocenters. The molecule has 26 heavy (non-hydrogen) atoms. The molecule has 1 aliphatic rings. The SMILES string of the molecule is CCNC(=NCc1ncnn1C)NC1CCC(c2ccccc2)CC1.I. The van der Waals surface area contributed by atoms with Gasteiger partial charge in [-0.2, -0.15) is 5.10 Å². The van der Waals surface area contributed by atoms with Crippen molar-refractivity contribution in [1.29, 1.82) is 0 Å². The van der Waals surface area contributed by atoms with Gasteiger partial charge in [0.15, 0.2) is 5.96 Å². The van der Waals surface area contributed by atoms with Crippen molar-refractivity contribution in [1.82, 2.24) is 25.4 Å². The molecule has 142 valence electrons. The first-order chi connectivity index (χ1) is 12.3. The van der Waals surface area contributed by atoms with E-state index in [0.717, 1.165) is 18.3 Å². The third kappa shape index (κ3) is 5.69. The van der Waals surface area contributed by atoms with Crippen molar-refractivity contribution in [3.63, 3.8) is 0 Å². The van der Waals surface area contributed by atoms with Crippen LogP contribution in [0.25, 0.3) is 0 Å². The number of aryl methyl sites for hydroxylation is 1. The second-order valence-corrected chi connectivity index (χ2v) is 6.60. The number of hydrogen-bond donors (Lipinski definition) is 2. The predicted molar refractivity (Wildman–Crippen MR) is 116 cm³/mol. The van der Waals surface area contributed by atoms with Crippen molar-refractivity contribution >= 4 is 29.9 Å². The van der Waals surface area contributed by atoms with E-state index >= 15 is 0 Å². The van der Waals surface area contributed by atoms with Crippen molar-refractivity contribution in [2.45, 2.75) is 51.1 Å². The topological polar surface area (TPSA) is 67.1 Å². The van der Waals surface area contributed by atoms with Gasteiger partial charge in [-0.25, -0.2) is 9.98 Å². The summed E-state index contributed by atoms with van der Waals surface area (Å²) in [4.78, 5) is 8.89. The van der Waals surface area contributed by atoms with Gasteiger partial charge in [0.2, 0.25) is 0 Å². The van der Waals surface area contributed by atoms with E-state index in [1.54, 1.807) is 11.0 Å². The van der Waals surface area contributed by atoms with Crippen LogP contribution in [0.5, 0.6) is 0 Å². The molecule has 1 saturated carbocycles. The van der Waals surface area contributed by atoms with Gasteiger partial charge in [0.1, 0.15) is 18.7 Å². The summed E-state index contributed by atoms with van der Waals surface area (Å²) in [5, 5.41) is 11.0. The minimum Gasteiger partial charge on any atom is -0.357 e. The van der Waals surface area contributed by atoms with E-state index in [2.05, 4.69) is 63.0 Å². The molecule has 0 aliphatic heterocycles. The van der Waals surface area contributed by atoms with E-state index in [1.807, 2.05) is 7.05 Å². The monoisotopic (exact) mass is 468 g/mol. The molecule has 1 aromatic heterocycles. The van der Waals surface area contributed by atoms with Crippen LogP contribution in [0.3, 0.4) is 0 Å². The lowest BCUT2D eigenvalue weighted by Crippen LogP contribution is -2.44. The van der Waals surface area contributed by atoms with E-state index in [9.17, 15) is 0 Å². The lowest BCUT2D eigenvalue weighted by molar-refractivity contribution is 0.371. The Bertz CT molecular complexity index is 676. The maximum Gasteiger partial charge on any atom is 0.191 e. The lowest BCUT2D eigenvalue weighted by Gasteiger charge is -2.30. The minimum atomic E-state index is 0. The van der Waals surface area contributed by atoms with E-state index in [1.165, 1.54) is 31.2 Å². The van der Waals surface area contributed by atoms with Gasteiger partial charge < -0.3 is 10.6 Å². The molecule has 1 aromatic carbocycles. The predicted octanol–water partition coefficient (Wildman–Crippen LogP) is 3.21. The van der Waals surface area contributed by atoms with Crippen molar-refractivity contribution in [3.8, 4) is 0 Å². The summed E-state index contributed by atoms with van der Waals surface area (Å²) in [5.41, 5.74) is 1.48. The number of halogens is 1. The zero-order valence-electron chi connectivity index (χ0n) is 15.6. The zero-order chi connectivity index (χ0) is 17.5. The fourth-order valence-corrected chi connectivity index (χ4v) is 3.42. The molecule has 6 nitrogen and oxygen atoms in total. The van der Waals surface area contributed by atoms with Crippen LogP contribution in [0.4, 0.5) is 0 Å². The van der Waals surface area contributed by atoms with Crippen molar-refractivity contribution in [2.75, 3.05) is 6.54 Å². The molecule has 7 heteroatoms. The molecule has 2 aromatic rings. The number of hydrogen-bond acceptors (Lipinski definition) is 3. The highest BCUT2D eigenvalue weighted by atomic mass is 127. The third-order valence-corrected chi connectivity index (χ3v) is 4.87. The van der Waals surface area contributed by atoms with E-state index in [-0.39, 0.29) is 24.0 Å². The van der Waals surface area contributed by atoms with Gasteiger partial charge in [0.25, 0.3) is 0 Å². The van der Waals surface area contributed by atoms with Gasteiger partial charge in [0, 0.05) is 19.6 Å². The minimum absolute atomic E-state index is 0. The second kappa shape index (κ2) is 10.5. The first-order valence-electron chi connectivity index (χ1n) is 9.19. The molecule has 0 spiro atoms. The Labute approximate surface area is 172 Å². The molecule has 0 unspecified atom stereocenters. The van der Waals surface area contributed by atoms with Crippen LogP contribution in [0.1, 0.15) is 49.9 Å². The van der Waals surface area contributed by atoms with E-state index < -0.39 is 0 Å². The summed E-state index contributed by atoms with van der Waals surface area (Å²) in [6.45, 7) is 3.47. The van der Waals surface area contributed by atoms with Gasteiger partial charge in [-0.1, -0.05) is 30.3 Å². The van der Waals surface area contributed by atoms with E-state index in [0.29, 0.717) is 18.5 Å². The average molecular weight is 468 g/mol. The summed E-state index contributed by atoms with van der Waals surface area (Å²) in [5.74, 6) is 2.43. The summed E-state index contributed by atoms with van der Waals surface area (Å²) in [6, 6.07) is 11.4. The number of guanidine groups is 1.